The van der Waals surface area contributed by atoms with E-state index in [1.165, 1.54) is 37.7 Å². The van der Waals surface area contributed by atoms with Crippen molar-refractivity contribution in [2.45, 2.75) is 38.5 Å². The van der Waals surface area contributed by atoms with Gasteiger partial charge in [0, 0.05) is 5.56 Å². The average Bonchev–Trinajstić information content (AvgIpc) is 2.34. The quantitative estimate of drug-likeness (QED) is 0.541. The number of unbranched alkanes of at least 4 members (excludes halogenated alkanes) is 4. The van der Waals surface area contributed by atoms with Crippen LogP contribution in [-0.2, 0) is 6.42 Å². The number of amides is 1. The maximum Gasteiger partial charge on any atom is 0.248 e. The minimum Gasteiger partial charge on any atom is -0.366 e. The summed E-state index contributed by atoms with van der Waals surface area (Å²) in [6, 6.07) is 7.60. The van der Waals surface area contributed by atoms with Crippen molar-refractivity contribution in [2.75, 3.05) is 5.75 Å². The Morgan fingerprint density at radius 3 is 2.18 bits per heavy atom. The average molecular weight is 251 g/mol. The van der Waals surface area contributed by atoms with Crippen LogP contribution >= 0.6 is 12.6 Å². The first-order valence-corrected chi connectivity index (χ1v) is 6.87. The summed E-state index contributed by atoms with van der Waals surface area (Å²) in [6.45, 7) is 0. The van der Waals surface area contributed by atoms with Crippen molar-refractivity contribution >= 4 is 18.5 Å². The highest BCUT2D eigenvalue weighted by Crippen LogP contribution is 2.10. The van der Waals surface area contributed by atoms with Gasteiger partial charge in [-0.05, 0) is 42.7 Å². The Kier molecular flexibility index (Phi) is 6.78. The molecule has 94 valence electrons. The van der Waals surface area contributed by atoms with Gasteiger partial charge in [0.2, 0.25) is 5.91 Å². The molecule has 0 fully saturated rings. The number of nitrogens with two attached hydrogens (primary N) is 1. The van der Waals surface area contributed by atoms with Gasteiger partial charge in [0.05, 0.1) is 0 Å². The van der Waals surface area contributed by atoms with Gasteiger partial charge >= 0.3 is 0 Å². The summed E-state index contributed by atoms with van der Waals surface area (Å²) in [5, 5.41) is 0. The second-order valence-electron chi connectivity index (χ2n) is 4.30. The van der Waals surface area contributed by atoms with Gasteiger partial charge in [0.1, 0.15) is 0 Å². The molecule has 0 aliphatic rings. The number of rotatable bonds is 8. The molecule has 0 heterocycles. The van der Waals surface area contributed by atoms with E-state index in [-0.39, 0.29) is 5.91 Å². The summed E-state index contributed by atoms with van der Waals surface area (Å²) >= 11 is 4.19. The molecule has 1 rings (SSSR count). The van der Waals surface area contributed by atoms with Crippen LogP contribution in [0.5, 0.6) is 0 Å². The van der Waals surface area contributed by atoms with Gasteiger partial charge in [-0.1, -0.05) is 31.4 Å². The Balaban J connectivity index is 2.21. The Labute approximate surface area is 109 Å². The summed E-state index contributed by atoms with van der Waals surface area (Å²) in [5.41, 5.74) is 7.05. The van der Waals surface area contributed by atoms with Gasteiger partial charge < -0.3 is 5.73 Å². The zero-order chi connectivity index (χ0) is 12.5. The second kappa shape index (κ2) is 8.18. The van der Waals surface area contributed by atoms with Crippen LogP contribution in [0.15, 0.2) is 24.3 Å². The topological polar surface area (TPSA) is 43.1 Å². The summed E-state index contributed by atoms with van der Waals surface area (Å²) in [4.78, 5) is 10.9. The van der Waals surface area contributed by atoms with E-state index >= 15 is 0 Å². The fraction of sp³-hybridized carbons (Fsp3) is 0.500. The molecule has 0 saturated carbocycles. The molecule has 0 bridgehead atoms. The number of hydrogen-bond donors (Lipinski definition) is 2. The van der Waals surface area contributed by atoms with Gasteiger partial charge in [0.25, 0.3) is 0 Å². The van der Waals surface area contributed by atoms with Crippen LogP contribution in [0.1, 0.15) is 48.0 Å². The number of aryl methyl sites for hydroxylation is 1. The molecule has 0 spiro atoms. The van der Waals surface area contributed by atoms with E-state index in [9.17, 15) is 4.79 Å². The molecule has 1 aromatic rings. The minimum absolute atomic E-state index is 0.358. The molecule has 0 unspecified atom stereocenters. The highest BCUT2D eigenvalue weighted by molar-refractivity contribution is 7.80. The van der Waals surface area contributed by atoms with E-state index < -0.39 is 0 Å². The maximum atomic E-state index is 10.9. The molecule has 2 N–H and O–H groups in total. The van der Waals surface area contributed by atoms with E-state index in [0.717, 1.165) is 12.2 Å². The molecule has 1 amide bonds. The lowest BCUT2D eigenvalue weighted by molar-refractivity contribution is 0.100. The van der Waals surface area contributed by atoms with Crippen LogP contribution in [0.4, 0.5) is 0 Å². The molecule has 3 heteroatoms. The van der Waals surface area contributed by atoms with E-state index in [4.69, 9.17) is 5.73 Å². The van der Waals surface area contributed by atoms with Crippen LogP contribution in [0.2, 0.25) is 0 Å². The SMILES string of the molecule is NC(=O)c1ccc(CCCCCCCS)cc1. The highest BCUT2D eigenvalue weighted by Gasteiger charge is 1.99. The van der Waals surface area contributed by atoms with E-state index in [0.29, 0.717) is 5.56 Å². The van der Waals surface area contributed by atoms with Crippen LogP contribution in [0.25, 0.3) is 0 Å². The van der Waals surface area contributed by atoms with Crippen molar-refractivity contribution in [3.63, 3.8) is 0 Å². The van der Waals surface area contributed by atoms with Crippen LogP contribution < -0.4 is 5.73 Å². The summed E-state index contributed by atoms with van der Waals surface area (Å²) < 4.78 is 0. The molecule has 0 aliphatic carbocycles. The third-order valence-electron chi connectivity index (χ3n) is 2.86. The van der Waals surface area contributed by atoms with Gasteiger partial charge in [0.15, 0.2) is 0 Å². The normalized spacial score (nSPS) is 10.4. The monoisotopic (exact) mass is 251 g/mol. The summed E-state index contributed by atoms with van der Waals surface area (Å²) in [5.74, 6) is 0.637. The molecule has 0 radical (unpaired) electrons. The lowest BCUT2D eigenvalue weighted by Crippen LogP contribution is -2.10. The first kappa shape index (κ1) is 14.1. The van der Waals surface area contributed by atoms with Crippen LogP contribution in [-0.4, -0.2) is 11.7 Å². The number of carbonyl (C=O) groups excluding carboxylic acids is 1. The Morgan fingerprint density at radius 2 is 1.59 bits per heavy atom. The van der Waals surface area contributed by atoms with Gasteiger partial charge in [-0.2, -0.15) is 12.6 Å². The fourth-order valence-corrected chi connectivity index (χ4v) is 2.03. The van der Waals surface area contributed by atoms with Crippen molar-refractivity contribution in [1.82, 2.24) is 0 Å². The van der Waals surface area contributed by atoms with Crippen molar-refractivity contribution in [3.05, 3.63) is 35.4 Å². The third kappa shape index (κ3) is 5.78. The number of thiol groups is 1. The standard InChI is InChI=1S/C14H21NOS/c15-14(16)13-9-7-12(8-10-13)6-4-2-1-3-5-11-17/h7-10,17H,1-6,11H2,(H2,15,16). The fourth-order valence-electron chi connectivity index (χ4n) is 1.81. The molecule has 0 aliphatic heterocycles. The van der Waals surface area contributed by atoms with Crippen LogP contribution in [0, 0.1) is 0 Å². The number of benzene rings is 1. The smallest absolute Gasteiger partial charge is 0.248 e. The zero-order valence-electron chi connectivity index (χ0n) is 10.2. The maximum absolute atomic E-state index is 10.9. The van der Waals surface area contributed by atoms with Gasteiger partial charge in [-0.15, -0.1) is 0 Å². The first-order valence-electron chi connectivity index (χ1n) is 6.23. The molecule has 0 saturated heterocycles. The van der Waals surface area contributed by atoms with E-state index in [2.05, 4.69) is 12.6 Å². The van der Waals surface area contributed by atoms with Gasteiger partial charge in [-0.3, -0.25) is 4.79 Å². The Hall–Kier alpha value is -0.960. The molecular formula is C14H21NOS. The lowest BCUT2D eigenvalue weighted by atomic mass is 10.0. The van der Waals surface area contributed by atoms with E-state index in [1.807, 2.05) is 12.1 Å². The predicted octanol–water partition coefficient (Wildman–Crippen LogP) is 3.21. The minimum atomic E-state index is -0.358. The molecule has 0 atom stereocenters. The van der Waals surface area contributed by atoms with Crippen molar-refractivity contribution in [2.24, 2.45) is 5.73 Å². The molecule has 2 nitrogen and oxygen atoms in total. The first-order chi connectivity index (χ1) is 8.24. The highest BCUT2D eigenvalue weighted by atomic mass is 32.1. The molecule has 1 aromatic carbocycles. The molecule has 0 aromatic heterocycles. The molecule has 17 heavy (non-hydrogen) atoms. The Morgan fingerprint density at radius 1 is 1.00 bits per heavy atom. The largest absolute Gasteiger partial charge is 0.366 e. The van der Waals surface area contributed by atoms with Crippen LogP contribution in [0.3, 0.4) is 0 Å². The molecular weight excluding hydrogens is 230 g/mol. The third-order valence-corrected chi connectivity index (χ3v) is 3.18. The zero-order valence-corrected chi connectivity index (χ0v) is 11.1. The Bertz CT molecular complexity index is 335. The lowest BCUT2D eigenvalue weighted by Gasteiger charge is -2.02. The van der Waals surface area contributed by atoms with Crippen molar-refractivity contribution in [3.8, 4) is 0 Å². The number of carbonyl (C=O) groups is 1. The number of primary amides is 1. The van der Waals surface area contributed by atoms with E-state index in [1.54, 1.807) is 12.1 Å². The second-order valence-corrected chi connectivity index (χ2v) is 4.75. The summed E-state index contributed by atoms with van der Waals surface area (Å²) in [7, 11) is 0. The van der Waals surface area contributed by atoms with Crippen molar-refractivity contribution in [1.29, 1.82) is 0 Å². The summed E-state index contributed by atoms with van der Waals surface area (Å²) in [6.07, 6.45) is 7.36. The predicted molar refractivity (Wildman–Crippen MR) is 75.6 cm³/mol. The van der Waals surface area contributed by atoms with Crippen molar-refractivity contribution < 1.29 is 4.79 Å². The number of hydrogen-bond acceptors (Lipinski definition) is 2. The van der Waals surface area contributed by atoms with Gasteiger partial charge in [-0.25, -0.2) is 0 Å².